The third kappa shape index (κ3) is 4.16. The van der Waals surface area contributed by atoms with E-state index in [0.29, 0.717) is 18.0 Å². The Morgan fingerprint density at radius 3 is 2.61 bits per heavy atom. The second kappa shape index (κ2) is 8.00. The van der Waals surface area contributed by atoms with Crippen LogP contribution in [0.4, 0.5) is 16.2 Å². The van der Waals surface area contributed by atoms with Gasteiger partial charge in [-0.05, 0) is 43.5 Å². The molecule has 6 heteroatoms. The van der Waals surface area contributed by atoms with Gasteiger partial charge in [0.15, 0.2) is 11.5 Å². The van der Waals surface area contributed by atoms with Crippen molar-refractivity contribution in [1.82, 2.24) is 5.32 Å². The topological polar surface area (TPSA) is 62.8 Å². The zero-order valence-electron chi connectivity index (χ0n) is 16.2. The Morgan fingerprint density at radius 2 is 1.82 bits per heavy atom. The fourth-order valence-corrected chi connectivity index (χ4v) is 3.79. The highest BCUT2D eigenvalue weighted by Crippen LogP contribution is 2.47. The second-order valence-corrected chi connectivity index (χ2v) is 7.47. The minimum Gasteiger partial charge on any atom is -0.448 e. The van der Waals surface area contributed by atoms with Crippen molar-refractivity contribution >= 4 is 17.4 Å². The van der Waals surface area contributed by atoms with Crippen LogP contribution >= 0.6 is 0 Å². The van der Waals surface area contributed by atoms with Gasteiger partial charge in [0.1, 0.15) is 0 Å². The Morgan fingerprint density at radius 1 is 1.07 bits per heavy atom. The first-order chi connectivity index (χ1) is 13.6. The lowest BCUT2D eigenvalue weighted by molar-refractivity contribution is -0.0716. The van der Waals surface area contributed by atoms with Crippen LogP contribution in [-0.2, 0) is 0 Å². The van der Waals surface area contributed by atoms with Gasteiger partial charge in [-0.3, -0.25) is 0 Å². The first-order valence-electron chi connectivity index (χ1n) is 9.97. The van der Waals surface area contributed by atoms with Gasteiger partial charge >= 0.3 is 6.03 Å². The number of carbonyl (C=O) groups excluding carboxylic acids is 1. The Bertz CT molecular complexity index is 819. The maximum Gasteiger partial charge on any atom is 0.319 e. The van der Waals surface area contributed by atoms with Crippen LogP contribution in [0.25, 0.3) is 0 Å². The standard InChI is InChI=1S/C22H27N3O3/c1-25(18-8-3-2-4-9-18)15-7-14-23-21(26)24-17-10-11-19-20(16-17)28-22(27-19)12-5-6-13-22/h2-4,8-11,16H,5-7,12-15H2,1H3,(H2,23,24,26). The summed E-state index contributed by atoms with van der Waals surface area (Å²) < 4.78 is 12.0. The summed E-state index contributed by atoms with van der Waals surface area (Å²) in [5.41, 5.74) is 1.88. The monoisotopic (exact) mass is 381 g/mol. The number of benzene rings is 2. The summed E-state index contributed by atoms with van der Waals surface area (Å²) in [6.45, 7) is 1.48. The molecule has 4 rings (SSSR count). The SMILES string of the molecule is CN(CCCNC(=O)Nc1ccc2c(c1)OC1(CCCC1)O2)c1ccccc1. The quantitative estimate of drug-likeness (QED) is 0.729. The molecule has 0 aromatic heterocycles. The van der Waals surface area contributed by atoms with Crippen molar-refractivity contribution in [2.75, 3.05) is 30.4 Å². The van der Waals surface area contributed by atoms with E-state index in [1.807, 2.05) is 36.4 Å². The molecule has 1 saturated carbocycles. The van der Waals surface area contributed by atoms with Crippen molar-refractivity contribution in [3.8, 4) is 11.5 Å². The fraction of sp³-hybridized carbons (Fsp3) is 0.409. The molecule has 1 spiro atoms. The van der Waals surface area contributed by atoms with E-state index in [0.717, 1.165) is 44.4 Å². The van der Waals surface area contributed by atoms with Gasteiger partial charge in [-0.15, -0.1) is 0 Å². The van der Waals surface area contributed by atoms with Crippen molar-refractivity contribution < 1.29 is 14.3 Å². The molecule has 0 unspecified atom stereocenters. The summed E-state index contributed by atoms with van der Waals surface area (Å²) in [6, 6.07) is 15.6. The van der Waals surface area contributed by atoms with Crippen LogP contribution in [-0.4, -0.2) is 32.0 Å². The van der Waals surface area contributed by atoms with Gasteiger partial charge in [-0.25, -0.2) is 4.79 Å². The minimum absolute atomic E-state index is 0.211. The molecule has 2 aromatic rings. The number of hydrogen-bond donors (Lipinski definition) is 2. The summed E-state index contributed by atoms with van der Waals surface area (Å²) in [4.78, 5) is 14.3. The first-order valence-corrected chi connectivity index (χ1v) is 9.97. The lowest BCUT2D eigenvalue weighted by Gasteiger charge is -2.21. The van der Waals surface area contributed by atoms with Gasteiger partial charge in [0.05, 0.1) is 0 Å². The number of urea groups is 1. The number of rotatable bonds is 6. The molecule has 148 valence electrons. The predicted octanol–water partition coefficient (Wildman–Crippen LogP) is 4.38. The Labute approximate surface area is 165 Å². The van der Waals surface area contributed by atoms with E-state index >= 15 is 0 Å². The van der Waals surface area contributed by atoms with Crippen molar-refractivity contribution in [2.45, 2.75) is 37.9 Å². The molecule has 2 N–H and O–H groups in total. The number of fused-ring (bicyclic) bond motifs is 1. The molecule has 0 bridgehead atoms. The van der Waals surface area contributed by atoms with E-state index < -0.39 is 5.79 Å². The highest BCUT2D eigenvalue weighted by atomic mass is 16.7. The molecular formula is C22H27N3O3. The molecule has 28 heavy (non-hydrogen) atoms. The number of para-hydroxylation sites is 1. The summed E-state index contributed by atoms with van der Waals surface area (Å²) in [5.74, 6) is 0.995. The maximum absolute atomic E-state index is 12.2. The molecule has 0 radical (unpaired) electrons. The normalized spacial score (nSPS) is 16.2. The van der Waals surface area contributed by atoms with Crippen molar-refractivity contribution in [1.29, 1.82) is 0 Å². The minimum atomic E-state index is -0.478. The number of nitrogens with one attached hydrogen (secondary N) is 2. The van der Waals surface area contributed by atoms with Crippen LogP contribution in [0, 0.1) is 0 Å². The fourth-order valence-electron chi connectivity index (χ4n) is 3.79. The van der Waals surface area contributed by atoms with Gasteiger partial charge in [0.2, 0.25) is 0 Å². The average Bonchev–Trinajstić information content (AvgIpc) is 3.31. The van der Waals surface area contributed by atoms with Crippen LogP contribution < -0.4 is 25.0 Å². The molecule has 1 fully saturated rings. The molecule has 1 heterocycles. The Kier molecular flexibility index (Phi) is 5.28. The van der Waals surface area contributed by atoms with E-state index in [2.05, 4.69) is 34.7 Å². The summed E-state index contributed by atoms with van der Waals surface area (Å²) in [5, 5.41) is 5.78. The van der Waals surface area contributed by atoms with Gasteiger partial charge in [-0.1, -0.05) is 18.2 Å². The first kappa shape index (κ1) is 18.5. The van der Waals surface area contributed by atoms with Crippen LogP contribution in [0.1, 0.15) is 32.1 Å². The molecular weight excluding hydrogens is 354 g/mol. The van der Waals surface area contributed by atoms with Crippen molar-refractivity contribution in [3.05, 3.63) is 48.5 Å². The summed E-state index contributed by atoms with van der Waals surface area (Å²) >= 11 is 0. The molecule has 0 saturated heterocycles. The van der Waals surface area contributed by atoms with Crippen molar-refractivity contribution in [3.63, 3.8) is 0 Å². The summed E-state index contributed by atoms with van der Waals surface area (Å²) in [6.07, 6.45) is 4.95. The number of carbonyl (C=O) groups is 1. The van der Waals surface area contributed by atoms with E-state index in [-0.39, 0.29) is 6.03 Å². The largest absolute Gasteiger partial charge is 0.448 e. The highest BCUT2D eigenvalue weighted by Gasteiger charge is 2.44. The van der Waals surface area contributed by atoms with Gasteiger partial charge in [0, 0.05) is 50.4 Å². The number of nitrogens with zero attached hydrogens (tertiary/aromatic N) is 1. The second-order valence-electron chi connectivity index (χ2n) is 7.47. The summed E-state index contributed by atoms with van der Waals surface area (Å²) in [7, 11) is 2.05. The molecule has 0 atom stereocenters. The number of amides is 2. The molecule has 6 nitrogen and oxygen atoms in total. The van der Waals surface area contributed by atoms with Gasteiger partial charge in [0.25, 0.3) is 5.79 Å². The Balaban J connectivity index is 1.22. The van der Waals surface area contributed by atoms with Crippen LogP contribution in [0.2, 0.25) is 0 Å². The number of hydrogen-bond acceptors (Lipinski definition) is 4. The third-order valence-corrected chi connectivity index (χ3v) is 5.31. The van der Waals surface area contributed by atoms with E-state index in [1.165, 1.54) is 5.69 Å². The number of anilines is 2. The van der Waals surface area contributed by atoms with Crippen LogP contribution in [0.5, 0.6) is 11.5 Å². The van der Waals surface area contributed by atoms with Crippen molar-refractivity contribution in [2.24, 2.45) is 0 Å². The molecule has 2 aliphatic rings. The van der Waals surface area contributed by atoms with Crippen LogP contribution in [0.15, 0.2) is 48.5 Å². The lowest BCUT2D eigenvalue weighted by atomic mass is 10.2. The predicted molar refractivity (Wildman–Crippen MR) is 110 cm³/mol. The maximum atomic E-state index is 12.2. The molecule has 1 aliphatic heterocycles. The molecule has 2 amide bonds. The smallest absolute Gasteiger partial charge is 0.319 e. The van der Waals surface area contributed by atoms with Gasteiger partial charge in [-0.2, -0.15) is 0 Å². The van der Waals surface area contributed by atoms with E-state index in [9.17, 15) is 4.79 Å². The van der Waals surface area contributed by atoms with E-state index in [4.69, 9.17) is 9.47 Å². The van der Waals surface area contributed by atoms with E-state index in [1.54, 1.807) is 0 Å². The van der Waals surface area contributed by atoms with Gasteiger partial charge < -0.3 is 25.0 Å². The van der Waals surface area contributed by atoms with Crippen LogP contribution in [0.3, 0.4) is 0 Å². The number of ether oxygens (including phenoxy) is 2. The zero-order chi connectivity index (χ0) is 19.4. The molecule has 1 aliphatic carbocycles. The third-order valence-electron chi connectivity index (χ3n) is 5.31. The lowest BCUT2D eigenvalue weighted by Crippen LogP contribution is -2.34. The zero-order valence-corrected chi connectivity index (χ0v) is 16.2. The Hall–Kier alpha value is -2.89. The molecule has 2 aromatic carbocycles. The average molecular weight is 381 g/mol. The highest BCUT2D eigenvalue weighted by molar-refractivity contribution is 5.89.